The third-order valence-electron chi connectivity index (χ3n) is 5.43. The predicted octanol–water partition coefficient (Wildman–Crippen LogP) is 1.39. The van der Waals surface area contributed by atoms with Gasteiger partial charge < -0.3 is 25.7 Å². The molecule has 0 aliphatic carbocycles. The number of carbonyl (C=O) groups excluding carboxylic acids is 3. The lowest BCUT2D eigenvalue weighted by molar-refractivity contribution is -0.150. The highest BCUT2D eigenvalue weighted by Gasteiger charge is 2.41. The van der Waals surface area contributed by atoms with Crippen LogP contribution in [0.25, 0.3) is 0 Å². The van der Waals surface area contributed by atoms with E-state index in [1.807, 2.05) is 39.0 Å². The number of carboxylic acid groups (broad SMARTS) is 1. The molecule has 0 radical (unpaired) electrons. The van der Waals surface area contributed by atoms with Crippen LogP contribution in [0.4, 0.5) is 0 Å². The molecule has 0 bridgehead atoms. The summed E-state index contributed by atoms with van der Waals surface area (Å²) in [5, 5.41) is 25.9. The number of rotatable bonds is 9. The van der Waals surface area contributed by atoms with Crippen LogP contribution in [0.2, 0.25) is 0 Å². The van der Waals surface area contributed by atoms with E-state index >= 15 is 0 Å². The molecule has 0 saturated carbocycles. The van der Waals surface area contributed by atoms with E-state index in [-0.39, 0.29) is 24.6 Å². The smallest absolute Gasteiger partial charge is 0.309 e. The quantitative estimate of drug-likeness (QED) is 0.408. The minimum absolute atomic E-state index is 0.160. The number of carboxylic acids is 1. The van der Waals surface area contributed by atoms with Gasteiger partial charge in [-0.1, -0.05) is 30.3 Å². The SMILES string of the molecule is CC(C)(C)NC(=O)[C@@H]1CSCN1C(=O)[C@@H](O)[C@H](Cc1ccccc1)NC(=O)CC(C)(C)C(=O)O. The second-order valence-electron chi connectivity index (χ2n) is 10.2. The van der Waals surface area contributed by atoms with Gasteiger partial charge >= 0.3 is 5.97 Å². The molecule has 34 heavy (non-hydrogen) atoms. The van der Waals surface area contributed by atoms with Gasteiger partial charge in [-0.2, -0.15) is 0 Å². The number of aliphatic hydroxyl groups is 1. The number of nitrogens with zero attached hydrogens (tertiary/aromatic N) is 1. The third kappa shape index (κ3) is 7.73. The Hall–Kier alpha value is -2.59. The zero-order chi connectivity index (χ0) is 25.7. The van der Waals surface area contributed by atoms with Crippen molar-refractivity contribution < 1.29 is 29.4 Å². The summed E-state index contributed by atoms with van der Waals surface area (Å²) in [6.45, 7) is 8.40. The standard InChI is InChI=1S/C24H35N3O6S/c1-23(2,3)26-20(30)17-13-34-14-27(17)21(31)19(29)16(11-15-9-7-6-8-10-15)25-18(28)12-24(4,5)22(32)33/h6-10,16-17,19,29H,11-14H2,1-5H3,(H,25,28)(H,26,30)(H,32,33)/t16-,17-,19-/m0/s1. The van der Waals surface area contributed by atoms with Crippen molar-refractivity contribution in [1.82, 2.24) is 15.5 Å². The van der Waals surface area contributed by atoms with Gasteiger partial charge in [-0.3, -0.25) is 19.2 Å². The first-order valence-corrected chi connectivity index (χ1v) is 12.3. The summed E-state index contributed by atoms with van der Waals surface area (Å²) in [5.74, 6) is -2.01. The normalized spacial score (nSPS) is 18.2. The van der Waals surface area contributed by atoms with Crippen LogP contribution >= 0.6 is 11.8 Å². The molecule has 1 fully saturated rings. The lowest BCUT2D eigenvalue weighted by Gasteiger charge is -2.31. The molecule has 1 saturated heterocycles. The fourth-order valence-electron chi connectivity index (χ4n) is 3.52. The van der Waals surface area contributed by atoms with E-state index in [4.69, 9.17) is 0 Å². The number of nitrogens with one attached hydrogen (secondary N) is 2. The molecule has 0 spiro atoms. The maximum Gasteiger partial charge on any atom is 0.309 e. The topological polar surface area (TPSA) is 136 Å². The average Bonchev–Trinajstić information content (AvgIpc) is 3.21. The number of carbonyl (C=O) groups is 4. The molecule has 1 heterocycles. The zero-order valence-corrected chi connectivity index (χ0v) is 21.1. The van der Waals surface area contributed by atoms with Crippen LogP contribution in [0.15, 0.2) is 30.3 Å². The molecule has 0 aromatic heterocycles. The van der Waals surface area contributed by atoms with Crippen molar-refractivity contribution >= 4 is 35.5 Å². The highest BCUT2D eigenvalue weighted by Crippen LogP contribution is 2.24. The second kappa shape index (κ2) is 11.2. The van der Waals surface area contributed by atoms with Crippen molar-refractivity contribution in [2.24, 2.45) is 5.41 Å². The molecule has 1 aliphatic rings. The van der Waals surface area contributed by atoms with E-state index in [2.05, 4.69) is 10.6 Å². The number of aliphatic hydroxyl groups excluding tert-OH is 1. The summed E-state index contributed by atoms with van der Waals surface area (Å²) in [6.07, 6.45) is -1.77. The Balaban J connectivity index is 2.21. The predicted molar refractivity (Wildman–Crippen MR) is 130 cm³/mol. The molecular formula is C24H35N3O6S. The molecule has 1 aromatic carbocycles. The van der Waals surface area contributed by atoms with Gasteiger partial charge in [-0.15, -0.1) is 11.8 Å². The van der Waals surface area contributed by atoms with E-state index in [1.165, 1.54) is 30.5 Å². The maximum atomic E-state index is 13.3. The van der Waals surface area contributed by atoms with Crippen molar-refractivity contribution in [3.05, 3.63) is 35.9 Å². The summed E-state index contributed by atoms with van der Waals surface area (Å²) in [6, 6.07) is 7.33. The number of hydrogen-bond acceptors (Lipinski definition) is 6. The summed E-state index contributed by atoms with van der Waals surface area (Å²) < 4.78 is 0. The maximum absolute atomic E-state index is 13.3. The van der Waals surface area contributed by atoms with Crippen LogP contribution in [0.3, 0.4) is 0 Å². The van der Waals surface area contributed by atoms with Gasteiger partial charge in [-0.25, -0.2) is 0 Å². The van der Waals surface area contributed by atoms with Crippen molar-refractivity contribution in [2.75, 3.05) is 11.6 Å². The Bertz CT molecular complexity index is 900. The first kappa shape index (κ1) is 27.7. The fraction of sp³-hybridized carbons (Fsp3) is 0.583. The molecule has 9 nitrogen and oxygen atoms in total. The van der Waals surface area contributed by atoms with Gasteiger partial charge in [0, 0.05) is 17.7 Å². The molecule has 4 N–H and O–H groups in total. The molecule has 3 atom stereocenters. The lowest BCUT2D eigenvalue weighted by Crippen LogP contribution is -2.57. The third-order valence-corrected chi connectivity index (χ3v) is 6.44. The monoisotopic (exact) mass is 493 g/mol. The number of aliphatic carboxylic acids is 1. The number of hydrogen-bond donors (Lipinski definition) is 4. The minimum Gasteiger partial charge on any atom is -0.481 e. The summed E-state index contributed by atoms with van der Waals surface area (Å²) >= 11 is 1.41. The van der Waals surface area contributed by atoms with Gasteiger partial charge in [0.15, 0.2) is 6.10 Å². The van der Waals surface area contributed by atoms with Gasteiger partial charge in [0.2, 0.25) is 11.8 Å². The van der Waals surface area contributed by atoms with Gasteiger partial charge in [0.1, 0.15) is 6.04 Å². The van der Waals surface area contributed by atoms with Crippen molar-refractivity contribution in [3.8, 4) is 0 Å². The molecule has 2 rings (SSSR count). The number of thioether (sulfide) groups is 1. The number of amides is 3. The van der Waals surface area contributed by atoms with E-state index < -0.39 is 46.9 Å². The van der Waals surface area contributed by atoms with E-state index in [0.717, 1.165) is 5.56 Å². The highest BCUT2D eigenvalue weighted by atomic mass is 32.2. The van der Waals surface area contributed by atoms with Gasteiger partial charge in [0.25, 0.3) is 5.91 Å². The summed E-state index contributed by atoms with van der Waals surface area (Å²) in [5.41, 5.74) is -0.994. The van der Waals surface area contributed by atoms with E-state index in [9.17, 15) is 29.4 Å². The summed E-state index contributed by atoms with van der Waals surface area (Å²) in [7, 11) is 0. The van der Waals surface area contributed by atoms with Gasteiger partial charge in [0.05, 0.1) is 17.3 Å². The van der Waals surface area contributed by atoms with Crippen LogP contribution in [0.1, 0.15) is 46.6 Å². The number of benzene rings is 1. The van der Waals surface area contributed by atoms with E-state index in [1.54, 1.807) is 12.1 Å². The molecule has 1 aliphatic heterocycles. The molecule has 10 heteroatoms. The molecule has 1 aromatic rings. The Kier molecular flexibility index (Phi) is 9.13. The summed E-state index contributed by atoms with van der Waals surface area (Å²) in [4.78, 5) is 51.4. The average molecular weight is 494 g/mol. The largest absolute Gasteiger partial charge is 0.481 e. The first-order valence-electron chi connectivity index (χ1n) is 11.2. The first-order chi connectivity index (χ1) is 15.7. The Morgan fingerprint density at radius 2 is 1.74 bits per heavy atom. The Labute approximate surface area is 204 Å². The van der Waals surface area contributed by atoms with E-state index in [0.29, 0.717) is 5.75 Å². The Morgan fingerprint density at radius 1 is 1.12 bits per heavy atom. The van der Waals surface area contributed by atoms with Crippen molar-refractivity contribution in [3.63, 3.8) is 0 Å². The molecular weight excluding hydrogens is 458 g/mol. The van der Waals surface area contributed by atoms with Crippen molar-refractivity contribution in [1.29, 1.82) is 0 Å². The van der Waals surface area contributed by atoms with Crippen LogP contribution in [0, 0.1) is 5.41 Å². The zero-order valence-electron chi connectivity index (χ0n) is 20.3. The highest BCUT2D eigenvalue weighted by molar-refractivity contribution is 7.99. The van der Waals surface area contributed by atoms with Crippen LogP contribution < -0.4 is 10.6 Å². The minimum atomic E-state index is -1.61. The lowest BCUT2D eigenvalue weighted by atomic mass is 9.89. The molecule has 0 unspecified atom stereocenters. The second-order valence-corrected chi connectivity index (χ2v) is 11.2. The Morgan fingerprint density at radius 3 is 2.29 bits per heavy atom. The van der Waals surface area contributed by atoms with Crippen LogP contribution in [-0.2, 0) is 25.6 Å². The fourth-order valence-corrected chi connectivity index (χ4v) is 4.68. The van der Waals surface area contributed by atoms with Crippen molar-refractivity contribution in [2.45, 2.75) is 71.2 Å². The molecule has 188 valence electrons. The van der Waals surface area contributed by atoms with Crippen LogP contribution in [0.5, 0.6) is 0 Å². The van der Waals surface area contributed by atoms with Crippen LogP contribution in [-0.4, -0.2) is 74.2 Å². The molecule has 3 amide bonds. The van der Waals surface area contributed by atoms with Gasteiger partial charge in [-0.05, 0) is 46.6 Å².